The Kier molecular flexibility index (Phi) is 8.47. The largest absolute Gasteiger partial charge is 0.496 e. The molecule has 0 aliphatic carbocycles. The fraction of sp³-hybridized carbons (Fsp3) is 0.375. The molecule has 7 nitrogen and oxygen atoms in total. The molecule has 25 heavy (non-hydrogen) atoms. The number of amides is 1. The van der Waals surface area contributed by atoms with E-state index in [4.69, 9.17) is 19.9 Å². The minimum Gasteiger partial charge on any atom is -0.496 e. The van der Waals surface area contributed by atoms with Crippen LogP contribution in [0.25, 0.3) is 0 Å². The van der Waals surface area contributed by atoms with E-state index < -0.39 is 0 Å². The first-order chi connectivity index (χ1) is 11.6. The second kappa shape index (κ2) is 10.1. The van der Waals surface area contributed by atoms with Gasteiger partial charge in [-0.3, -0.25) is 4.79 Å². The van der Waals surface area contributed by atoms with E-state index in [1.165, 1.54) is 11.3 Å². The quantitative estimate of drug-likeness (QED) is 0.719. The lowest BCUT2D eigenvalue weighted by atomic mass is 10.1. The van der Waals surface area contributed by atoms with Crippen molar-refractivity contribution in [3.63, 3.8) is 0 Å². The molecule has 0 aliphatic rings. The average Bonchev–Trinajstić information content (AvgIpc) is 3.10. The van der Waals surface area contributed by atoms with Gasteiger partial charge in [-0.25, -0.2) is 4.98 Å². The van der Waals surface area contributed by atoms with Crippen LogP contribution in [0.4, 0.5) is 0 Å². The first kappa shape index (κ1) is 21.0. The number of carbonyl (C=O) groups is 1. The number of halogens is 1. The highest BCUT2D eigenvalue weighted by Gasteiger charge is 2.14. The van der Waals surface area contributed by atoms with E-state index in [2.05, 4.69) is 10.3 Å². The van der Waals surface area contributed by atoms with Crippen molar-refractivity contribution in [3.8, 4) is 17.2 Å². The number of rotatable bonds is 8. The summed E-state index contributed by atoms with van der Waals surface area (Å²) in [6.45, 7) is 0.756. The first-order valence-corrected chi connectivity index (χ1v) is 8.22. The number of thiazole rings is 1. The van der Waals surface area contributed by atoms with Gasteiger partial charge in [-0.2, -0.15) is 0 Å². The van der Waals surface area contributed by atoms with Crippen LogP contribution in [0.1, 0.15) is 21.1 Å². The van der Waals surface area contributed by atoms with Gasteiger partial charge >= 0.3 is 0 Å². The molecule has 138 valence electrons. The number of nitrogens with two attached hydrogens (primary N) is 1. The number of hydrogen-bond donors (Lipinski definition) is 2. The van der Waals surface area contributed by atoms with Crippen LogP contribution in [0.3, 0.4) is 0 Å². The highest BCUT2D eigenvalue weighted by Crippen LogP contribution is 2.34. The van der Waals surface area contributed by atoms with E-state index >= 15 is 0 Å². The smallest absolute Gasteiger partial charge is 0.270 e. The zero-order valence-corrected chi connectivity index (χ0v) is 16.0. The Morgan fingerprint density at radius 1 is 1.20 bits per heavy atom. The molecule has 3 N–H and O–H groups in total. The summed E-state index contributed by atoms with van der Waals surface area (Å²) in [5, 5.41) is 5.27. The van der Waals surface area contributed by atoms with Gasteiger partial charge in [0.25, 0.3) is 5.91 Å². The second-order valence-electron chi connectivity index (χ2n) is 4.85. The fourth-order valence-electron chi connectivity index (χ4n) is 2.22. The SMILES string of the molecule is COc1cc(OC)c(CCNC(=O)c2csc(CN)n2)c(OC)c1.Cl. The lowest BCUT2D eigenvalue weighted by Gasteiger charge is -2.15. The third-order valence-electron chi connectivity index (χ3n) is 3.44. The summed E-state index contributed by atoms with van der Waals surface area (Å²) < 4.78 is 16.0. The van der Waals surface area contributed by atoms with Gasteiger partial charge in [0.05, 0.1) is 21.3 Å². The molecule has 1 aromatic carbocycles. The topological polar surface area (TPSA) is 95.7 Å². The first-order valence-electron chi connectivity index (χ1n) is 7.34. The molecule has 0 fully saturated rings. The van der Waals surface area contributed by atoms with Crippen molar-refractivity contribution in [2.45, 2.75) is 13.0 Å². The molecule has 2 rings (SSSR count). The number of aromatic nitrogens is 1. The molecule has 9 heteroatoms. The standard InChI is InChI=1S/C16H21N3O4S.ClH/c1-21-10-6-13(22-2)11(14(7-10)23-3)4-5-18-16(20)12-9-24-15(8-17)19-12;/h6-7,9H,4-5,8,17H2,1-3H3,(H,18,20);1H. The fourth-order valence-corrected chi connectivity index (χ4v) is 2.88. The van der Waals surface area contributed by atoms with Crippen molar-refractivity contribution in [1.82, 2.24) is 10.3 Å². The van der Waals surface area contributed by atoms with E-state index in [-0.39, 0.29) is 18.3 Å². The van der Waals surface area contributed by atoms with Crippen LogP contribution in [0.15, 0.2) is 17.5 Å². The van der Waals surface area contributed by atoms with Crippen LogP contribution in [0.5, 0.6) is 17.2 Å². The Bertz CT molecular complexity index is 683. The molecular weight excluding hydrogens is 366 g/mol. The average molecular weight is 388 g/mol. The van der Waals surface area contributed by atoms with Gasteiger partial charge in [-0.1, -0.05) is 0 Å². The lowest BCUT2D eigenvalue weighted by molar-refractivity contribution is 0.0949. The third kappa shape index (κ3) is 5.22. The summed E-state index contributed by atoms with van der Waals surface area (Å²) in [4.78, 5) is 16.2. The Morgan fingerprint density at radius 3 is 2.32 bits per heavy atom. The highest BCUT2D eigenvalue weighted by atomic mass is 35.5. The van der Waals surface area contributed by atoms with Crippen molar-refractivity contribution in [2.24, 2.45) is 5.73 Å². The molecule has 0 aliphatic heterocycles. The molecule has 0 spiro atoms. The maximum absolute atomic E-state index is 12.1. The van der Waals surface area contributed by atoms with Crippen LogP contribution >= 0.6 is 23.7 Å². The van der Waals surface area contributed by atoms with Crippen LogP contribution in [0.2, 0.25) is 0 Å². The van der Waals surface area contributed by atoms with Crippen molar-refractivity contribution in [1.29, 1.82) is 0 Å². The number of benzene rings is 1. The zero-order valence-electron chi connectivity index (χ0n) is 14.3. The van der Waals surface area contributed by atoms with E-state index in [1.54, 1.807) is 38.8 Å². The van der Waals surface area contributed by atoms with Crippen LogP contribution in [-0.4, -0.2) is 38.8 Å². The summed E-state index contributed by atoms with van der Waals surface area (Å²) in [7, 11) is 4.75. The number of ether oxygens (including phenoxy) is 3. The number of nitrogens with one attached hydrogen (secondary N) is 1. The van der Waals surface area contributed by atoms with Crippen molar-refractivity contribution >= 4 is 29.7 Å². The van der Waals surface area contributed by atoms with Gasteiger partial charge in [0, 0.05) is 36.2 Å². The summed E-state index contributed by atoms with van der Waals surface area (Å²) >= 11 is 1.37. The summed E-state index contributed by atoms with van der Waals surface area (Å²) in [5.74, 6) is 1.73. The number of hydrogen-bond acceptors (Lipinski definition) is 7. The van der Waals surface area contributed by atoms with Gasteiger partial charge in [0.2, 0.25) is 0 Å². The number of nitrogens with zero attached hydrogens (tertiary/aromatic N) is 1. The van der Waals surface area contributed by atoms with Crippen molar-refractivity contribution < 1.29 is 19.0 Å². The molecule has 0 atom stereocenters. The monoisotopic (exact) mass is 387 g/mol. The number of methoxy groups -OCH3 is 3. The van der Waals surface area contributed by atoms with Gasteiger partial charge in [0.15, 0.2) is 0 Å². The van der Waals surface area contributed by atoms with Crippen molar-refractivity contribution in [2.75, 3.05) is 27.9 Å². The molecule has 1 amide bonds. The van der Waals surface area contributed by atoms with E-state index in [9.17, 15) is 4.79 Å². The molecule has 1 aromatic heterocycles. The predicted octanol–water partition coefficient (Wildman–Crippen LogP) is 2.02. The molecule has 0 unspecified atom stereocenters. The second-order valence-corrected chi connectivity index (χ2v) is 5.79. The maximum Gasteiger partial charge on any atom is 0.270 e. The molecule has 2 aromatic rings. The van der Waals surface area contributed by atoms with E-state index in [0.717, 1.165) is 10.6 Å². The van der Waals surface area contributed by atoms with Gasteiger partial charge in [-0.15, -0.1) is 23.7 Å². The van der Waals surface area contributed by atoms with Gasteiger partial charge < -0.3 is 25.3 Å². The van der Waals surface area contributed by atoms with E-state index in [0.29, 0.717) is 42.5 Å². The molecule has 0 saturated carbocycles. The van der Waals surface area contributed by atoms with Crippen molar-refractivity contribution in [3.05, 3.63) is 33.8 Å². The molecule has 1 heterocycles. The minimum absolute atomic E-state index is 0. The summed E-state index contributed by atoms with van der Waals surface area (Å²) in [6, 6.07) is 3.57. The van der Waals surface area contributed by atoms with Gasteiger partial charge in [0.1, 0.15) is 28.0 Å². The predicted molar refractivity (Wildman–Crippen MR) is 99.4 cm³/mol. The minimum atomic E-state index is -0.225. The van der Waals surface area contributed by atoms with E-state index in [1.807, 2.05) is 0 Å². The Morgan fingerprint density at radius 2 is 1.84 bits per heavy atom. The Labute approximate surface area is 156 Å². The molecule has 0 bridgehead atoms. The summed E-state index contributed by atoms with van der Waals surface area (Å²) in [6.07, 6.45) is 0.552. The van der Waals surface area contributed by atoms with Crippen LogP contribution in [-0.2, 0) is 13.0 Å². The third-order valence-corrected chi connectivity index (χ3v) is 4.31. The summed E-state index contributed by atoms with van der Waals surface area (Å²) in [5.41, 5.74) is 6.75. The Balaban J connectivity index is 0.00000312. The van der Waals surface area contributed by atoms with Crippen LogP contribution < -0.4 is 25.3 Å². The lowest BCUT2D eigenvalue weighted by Crippen LogP contribution is -2.26. The molecule has 0 radical (unpaired) electrons. The molecular formula is C16H22ClN3O4S. The molecule has 0 saturated heterocycles. The van der Waals surface area contributed by atoms with Crippen LogP contribution in [0, 0.1) is 0 Å². The zero-order chi connectivity index (χ0) is 17.5. The normalized spacial score (nSPS) is 9.92. The number of carbonyl (C=O) groups excluding carboxylic acids is 1. The Hall–Kier alpha value is -2.03. The maximum atomic E-state index is 12.1. The van der Waals surface area contributed by atoms with Gasteiger partial charge in [-0.05, 0) is 6.42 Å². The highest BCUT2D eigenvalue weighted by molar-refractivity contribution is 7.09.